The monoisotopic (exact) mass is 466 g/mol. The van der Waals surface area contributed by atoms with E-state index in [4.69, 9.17) is 9.47 Å². The molecule has 0 bridgehead atoms. The molecular formula is C24H26N4O6. The maximum absolute atomic E-state index is 12.8. The number of carbonyl (C=O) groups is 2. The lowest BCUT2D eigenvalue weighted by molar-refractivity contribution is -0.384. The second-order valence-electron chi connectivity index (χ2n) is 8.06. The lowest BCUT2D eigenvalue weighted by atomic mass is 10.1. The van der Waals surface area contributed by atoms with E-state index in [9.17, 15) is 19.7 Å². The highest BCUT2D eigenvalue weighted by molar-refractivity contribution is 6.04. The van der Waals surface area contributed by atoms with Crippen LogP contribution in [0.25, 0.3) is 6.08 Å². The first-order valence-electron chi connectivity index (χ1n) is 11.1. The molecule has 0 saturated carbocycles. The van der Waals surface area contributed by atoms with Gasteiger partial charge >= 0.3 is 0 Å². The van der Waals surface area contributed by atoms with Gasteiger partial charge in [-0.15, -0.1) is 0 Å². The van der Waals surface area contributed by atoms with Crippen LogP contribution in [0.3, 0.4) is 0 Å². The predicted molar refractivity (Wildman–Crippen MR) is 127 cm³/mol. The molecule has 0 aliphatic carbocycles. The van der Waals surface area contributed by atoms with Crippen molar-refractivity contribution in [1.82, 2.24) is 4.90 Å². The molecule has 10 nitrogen and oxygen atoms in total. The zero-order chi connectivity index (χ0) is 24.1. The Balaban J connectivity index is 1.44. The van der Waals surface area contributed by atoms with Crippen molar-refractivity contribution in [2.45, 2.75) is 13.0 Å². The maximum atomic E-state index is 12.8. The van der Waals surface area contributed by atoms with Gasteiger partial charge in [-0.25, -0.2) is 0 Å². The third-order valence-corrected chi connectivity index (χ3v) is 5.71. The van der Waals surface area contributed by atoms with Crippen molar-refractivity contribution >= 4 is 35.0 Å². The molecular weight excluding hydrogens is 440 g/mol. The number of rotatable bonds is 7. The van der Waals surface area contributed by atoms with Crippen LogP contribution in [0.15, 0.2) is 48.5 Å². The van der Waals surface area contributed by atoms with Crippen molar-refractivity contribution in [3.05, 3.63) is 64.2 Å². The number of nitrogens with zero attached hydrogens (tertiary/aromatic N) is 3. The first-order chi connectivity index (χ1) is 16.4. The van der Waals surface area contributed by atoms with Crippen molar-refractivity contribution < 1.29 is 24.0 Å². The lowest BCUT2D eigenvalue weighted by Gasteiger charge is -2.35. The first kappa shape index (κ1) is 23.4. The summed E-state index contributed by atoms with van der Waals surface area (Å²) in [5.41, 5.74) is 1.79. The predicted octanol–water partition coefficient (Wildman–Crippen LogP) is 2.69. The molecule has 1 fully saturated rings. The fourth-order valence-electron chi connectivity index (χ4n) is 3.84. The van der Waals surface area contributed by atoms with E-state index in [1.807, 2.05) is 0 Å². The van der Waals surface area contributed by atoms with Gasteiger partial charge in [0.15, 0.2) is 6.10 Å². The molecule has 2 aliphatic rings. The topological polar surface area (TPSA) is 114 Å². The third-order valence-electron chi connectivity index (χ3n) is 5.71. The number of benzene rings is 2. The summed E-state index contributed by atoms with van der Waals surface area (Å²) < 4.78 is 11.1. The molecule has 2 aromatic carbocycles. The van der Waals surface area contributed by atoms with Gasteiger partial charge in [0.2, 0.25) is 5.91 Å². The number of anilines is 2. The van der Waals surface area contributed by atoms with Crippen LogP contribution in [-0.4, -0.2) is 67.1 Å². The minimum atomic E-state index is -0.581. The molecule has 0 aromatic heterocycles. The second-order valence-corrected chi connectivity index (χ2v) is 8.06. The maximum Gasteiger partial charge on any atom is 0.269 e. The number of nitro groups is 1. The molecule has 2 aromatic rings. The number of fused-ring (bicyclic) bond motifs is 1. The molecule has 178 valence electrons. The Labute approximate surface area is 196 Å². The van der Waals surface area contributed by atoms with E-state index >= 15 is 0 Å². The van der Waals surface area contributed by atoms with Gasteiger partial charge < -0.3 is 19.7 Å². The lowest BCUT2D eigenvalue weighted by Crippen LogP contribution is -2.48. The highest BCUT2D eigenvalue weighted by Crippen LogP contribution is 2.36. The minimum absolute atomic E-state index is 0.0140. The second kappa shape index (κ2) is 10.4. The zero-order valence-corrected chi connectivity index (χ0v) is 18.8. The Kier molecular flexibility index (Phi) is 7.19. The van der Waals surface area contributed by atoms with Gasteiger partial charge in [-0.2, -0.15) is 0 Å². The molecule has 10 heteroatoms. The summed E-state index contributed by atoms with van der Waals surface area (Å²) in [7, 11) is 0. The Morgan fingerprint density at radius 3 is 2.62 bits per heavy atom. The van der Waals surface area contributed by atoms with E-state index in [0.717, 1.165) is 19.6 Å². The van der Waals surface area contributed by atoms with Gasteiger partial charge in [-0.1, -0.05) is 0 Å². The highest BCUT2D eigenvalue weighted by Gasteiger charge is 2.32. The summed E-state index contributed by atoms with van der Waals surface area (Å²) in [4.78, 5) is 39.5. The number of nitro benzene ring substituents is 1. The molecule has 34 heavy (non-hydrogen) atoms. The number of non-ortho nitro benzene ring substituents is 1. The normalized spacial score (nSPS) is 18.4. The van der Waals surface area contributed by atoms with E-state index < -0.39 is 11.0 Å². The fourth-order valence-corrected chi connectivity index (χ4v) is 3.84. The van der Waals surface area contributed by atoms with Crippen molar-refractivity contribution in [2.75, 3.05) is 49.6 Å². The van der Waals surface area contributed by atoms with Crippen LogP contribution in [0.5, 0.6) is 5.75 Å². The Morgan fingerprint density at radius 2 is 1.91 bits per heavy atom. The van der Waals surface area contributed by atoms with Crippen LogP contribution < -0.4 is 15.0 Å². The molecule has 2 aliphatic heterocycles. The molecule has 1 unspecified atom stereocenters. The number of hydrogen-bond donors (Lipinski definition) is 1. The van der Waals surface area contributed by atoms with Crippen LogP contribution >= 0.6 is 0 Å². The number of ether oxygens (including phenoxy) is 2. The quantitative estimate of drug-likeness (QED) is 0.379. The summed E-state index contributed by atoms with van der Waals surface area (Å²) in [6, 6.07) is 11.1. The fraction of sp³-hybridized carbons (Fsp3) is 0.333. The van der Waals surface area contributed by atoms with Gasteiger partial charge in [0.25, 0.3) is 11.6 Å². The van der Waals surface area contributed by atoms with Crippen molar-refractivity contribution in [3.63, 3.8) is 0 Å². The molecule has 0 radical (unpaired) electrons. The molecule has 2 heterocycles. The van der Waals surface area contributed by atoms with Crippen LogP contribution in [0.2, 0.25) is 0 Å². The summed E-state index contributed by atoms with van der Waals surface area (Å²) in [5.74, 6) is 0.102. The Morgan fingerprint density at radius 1 is 1.18 bits per heavy atom. The summed E-state index contributed by atoms with van der Waals surface area (Å²) in [5, 5.41) is 13.5. The number of carbonyl (C=O) groups excluding carboxylic acids is 2. The molecule has 1 N–H and O–H groups in total. The molecule has 1 saturated heterocycles. The third kappa shape index (κ3) is 5.59. The van der Waals surface area contributed by atoms with Crippen molar-refractivity contribution in [3.8, 4) is 5.75 Å². The summed E-state index contributed by atoms with van der Waals surface area (Å²) in [6.07, 6.45) is 2.34. The highest BCUT2D eigenvalue weighted by atomic mass is 16.6. The average Bonchev–Trinajstić information content (AvgIpc) is 2.84. The van der Waals surface area contributed by atoms with E-state index in [1.54, 1.807) is 48.2 Å². The van der Waals surface area contributed by atoms with Gasteiger partial charge in [-0.05, 0) is 48.9 Å². The number of hydrogen-bond acceptors (Lipinski definition) is 7. The van der Waals surface area contributed by atoms with Crippen LogP contribution in [0, 0.1) is 10.1 Å². The van der Waals surface area contributed by atoms with Gasteiger partial charge in [-0.3, -0.25) is 24.6 Å². The van der Waals surface area contributed by atoms with Gasteiger partial charge in [0.1, 0.15) is 5.75 Å². The average molecular weight is 466 g/mol. The van der Waals surface area contributed by atoms with Crippen molar-refractivity contribution in [1.29, 1.82) is 0 Å². The molecule has 4 rings (SSSR count). The van der Waals surface area contributed by atoms with Crippen LogP contribution in [0.1, 0.15) is 12.5 Å². The van der Waals surface area contributed by atoms with E-state index in [0.29, 0.717) is 42.4 Å². The number of morpholine rings is 1. The SMILES string of the molecule is CC1Oc2ccc(NC(=O)/C=C/c3ccc([N+](=O)[O-])cc3)cc2N(CCN2CCOCC2)C1=O. The van der Waals surface area contributed by atoms with E-state index in [1.165, 1.54) is 18.2 Å². The molecule has 0 spiro atoms. The largest absolute Gasteiger partial charge is 0.479 e. The standard InChI is InChI=1S/C24H26N4O6/c1-17-24(30)27(11-10-26-12-14-33-15-13-26)21-16-19(5-8-22(21)34-17)25-23(29)9-4-18-2-6-20(7-3-18)28(31)32/h2-9,16-17H,10-15H2,1H3,(H,25,29)/b9-4+. The minimum Gasteiger partial charge on any atom is -0.479 e. The van der Waals surface area contributed by atoms with Crippen molar-refractivity contribution in [2.24, 2.45) is 0 Å². The Bertz CT molecular complexity index is 1100. The van der Waals surface area contributed by atoms with Gasteiger partial charge in [0.05, 0.1) is 23.8 Å². The van der Waals surface area contributed by atoms with E-state index in [-0.39, 0.29) is 17.5 Å². The Hall–Kier alpha value is -3.76. The van der Waals surface area contributed by atoms with E-state index in [2.05, 4.69) is 10.2 Å². The molecule has 2 amide bonds. The zero-order valence-electron chi connectivity index (χ0n) is 18.8. The van der Waals surface area contributed by atoms with Gasteiger partial charge in [0, 0.05) is 50.1 Å². The molecule has 1 atom stereocenters. The van der Waals surface area contributed by atoms with Crippen LogP contribution in [-0.2, 0) is 14.3 Å². The van der Waals surface area contributed by atoms with Crippen LogP contribution in [0.4, 0.5) is 17.1 Å². The first-order valence-corrected chi connectivity index (χ1v) is 11.1. The number of nitrogens with one attached hydrogen (secondary N) is 1. The smallest absolute Gasteiger partial charge is 0.269 e. The summed E-state index contributed by atoms with van der Waals surface area (Å²) in [6.45, 7) is 6.00. The summed E-state index contributed by atoms with van der Waals surface area (Å²) >= 11 is 0. The number of amides is 2.